The van der Waals surface area contributed by atoms with Crippen LogP contribution in [0.4, 0.5) is 11.6 Å². The SMILES string of the molecule is CCn1cc(Nc2nccc(-c3cccc(-n4cc(C5(O)CCN(C)C5=O)nn4)n3)n2)c(C)n1. The van der Waals surface area contributed by atoms with Gasteiger partial charge in [-0.25, -0.2) is 19.6 Å². The minimum Gasteiger partial charge on any atom is -0.374 e. The Morgan fingerprint density at radius 1 is 1.18 bits per heavy atom. The Bertz CT molecular complexity index is 1360. The predicted octanol–water partition coefficient (Wildman–Crippen LogP) is 1.44. The number of aliphatic hydroxyl groups is 1. The molecule has 1 aliphatic rings. The third-order valence-corrected chi connectivity index (χ3v) is 5.83. The maximum atomic E-state index is 12.4. The molecule has 1 amide bonds. The van der Waals surface area contributed by atoms with Crippen molar-refractivity contribution >= 4 is 17.5 Å². The van der Waals surface area contributed by atoms with E-state index in [1.54, 1.807) is 25.4 Å². The fourth-order valence-electron chi connectivity index (χ4n) is 3.83. The number of aryl methyl sites for hydroxylation is 2. The zero-order valence-electron chi connectivity index (χ0n) is 19.0. The van der Waals surface area contributed by atoms with Gasteiger partial charge in [-0.15, -0.1) is 5.10 Å². The topological polar surface area (TPSA) is 140 Å². The van der Waals surface area contributed by atoms with E-state index in [0.29, 0.717) is 29.7 Å². The van der Waals surface area contributed by atoms with Crippen molar-refractivity contribution in [2.75, 3.05) is 18.9 Å². The van der Waals surface area contributed by atoms with Gasteiger partial charge in [-0.1, -0.05) is 11.3 Å². The summed E-state index contributed by atoms with van der Waals surface area (Å²) in [5.74, 6) is 0.520. The van der Waals surface area contributed by atoms with E-state index in [0.717, 1.165) is 17.9 Å². The summed E-state index contributed by atoms with van der Waals surface area (Å²) in [6, 6.07) is 7.18. The number of amides is 1. The minimum atomic E-state index is -1.67. The van der Waals surface area contributed by atoms with Gasteiger partial charge < -0.3 is 15.3 Å². The second-order valence-electron chi connectivity index (χ2n) is 8.14. The summed E-state index contributed by atoms with van der Waals surface area (Å²) in [6.45, 7) is 5.17. The first-order valence-corrected chi connectivity index (χ1v) is 10.9. The first-order valence-electron chi connectivity index (χ1n) is 10.9. The number of carbonyl (C=O) groups is 1. The molecule has 12 heteroatoms. The van der Waals surface area contributed by atoms with Gasteiger partial charge in [0.25, 0.3) is 5.91 Å². The Morgan fingerprint density at radius 3 is 2.74 bits per heavy atom. The van der Waals surface area contributed by atoms with Crippen LogP contribution in [0.25, 0.3) is 17.2 Å². The fraction of sp³-hybridized carbons (Fsp3) is 0.318. The molecule has 4 aromatic rings. The summed E-state index contributed by atoms with van der Waals surface area (Å²) in [4.78, 5) is 27.4. The van der Waals surface area contributed by atoms with Crippen LogP contribution in [-0.4, -0.2) is 69.2 Å². The van der Waals surface area contributed by atoms with Gasteiger partial charge in [-0.3, -0.25) is 9.48 Å². The van der Waals surface area contributed by atoms with Crippen LogP contribution in [-0.2, 0) is 16.9 Å². The molecule has 4 aromatic heterocycles. The molecule has 0 aliphatic carbocycles. The van der Waals surface area contributed by atoms with E-state index < -0.39 is 5.60 Å². The van der Waals surface area contributed by atoms with Gasteiger partial charge >= 0.3 is 0 Å². The number of likely N-dealkylation sites (N-methyl/N-ethyl adjacent to an activating group) is 1. The van der Waals surface area contributed by atoms with Gasteiger partial charge in [0, 0.05) is 39.0 Å². The number of hydrogen-bond donors (Lipinski definition) is 2. The normalized spacial score (nSPS) is 18.0. The molecule has 0 saturated carbocycles. The van der Waals surface area contributed by atoms with E-state index in [9.17, 15) is 9.90 Å². The van der Waals surface area contributed by atoms with Crippen molar-refractivity contribution < 1.29 is 9.90 Å². The lowest BCUT2D eigenvalue weighted by molar-refractivity contribution is -0.143. The third kappa shape index (κ3) is 3.77. The zero-order valence-corrected chi connectivity index (χ0v) is 19.0. The second kappa shape index (κ2) is 8.30. The molecule has 1 aliphatic heterocycles. The Morgan fingerprint density at radius 2 is 2.00 bits per heavy atom. The summed E-state index contributed by atoms with van der Waals surface area (Å²) >= 11 is 0. The Kier molecular flexibility index (Phi) is 5.28. The Balaban J connectivity index is 1.41. The van der Waals surface area contributed by atoms with Crippen molar-refractivity contribution in [3.8, 4) is 17.2 Å². The average Bonchev–Trinajstić information content (AvgIpc) is 3.55. The van der Waals surface area contributed by atoms with E-state index in [-0.39, 0.29) is 18.0 Å². The maximum absolute atomic E-state index is 12.4. The van der Waals surface area contributed by atoms with Crippen molar-refractivity contribution in [1.29, 1.82) is 0 Å². The highest BCUT2D eigenvalue weighted by Gasteiger charge is 2.47. The number of anilines is 2. The molecule has 174 valence electrons. The van der Waals surface area contributed by atoms with Crippen LogP contribution in [0.15, 0.2) is 42.9 Å². The average molecular weight is 461 g/mol. The lowest BCUT2D eigenvalue weighted by atomic mass is 9.99. The third-order valence-electron chi connectivity index (χ3n) is 5.83. The van der Waals surface area contributed by atoms with Crippen molar-refractivity contribution in [2.45, 2.75) is 32.4 Å². The van der Waals surface area contributed by atoms with Crippen LogP contribution >= 0.6 is 0 Å². The van der Waals surface area contributed by atoms with Crippen molar-refractivity contribution in [3.63, 3.8) is 0 Å². The minimum absolute atomic E-state index is 0.200. The smallest absolute Gasteiger partial charge is 0.260 e. The highest BCUT2D eigenvalue weighted by molar-refractivity contribution is 5.87. The van der Waals surface area contributed by atoms with Crippen molar-refractivity contribution in [1.82, 2.24) is 44.6 Å². The Hall–Kier alpha value is -4.19. The standard InChI is InChI=1S/C22H24N10O2/c1-4-31-12-17(14(2)28-31)26-21-23-10-8-16(25-21)15-6-5-7-19(24-15)32-13-18(27-29-32)22(34)9-11-30(3)20(22)33/h5-8,10,12-13,34H,4,9,11H2,1-3H3,(H,23,25,26). The van der Waals surface area contributed by atoms with Crippen LogP contribution in [0.3, 0.4) is 0 Å². The first-order chi connectivity index (χ1) is 16.4. The van der Waals surface area contributed by atoms with Gasteiger partial charge in [-0.05, 0) is 32.0 Å². The Labute approximate surface area is 195 Å². The summed E-state index contributed by atoms with van der Waals surface area (Å²) in [6.07, 6.45) is 5.36. The van der Waals surface area contributed by atoms with Gasteiger partial charge in [0.2, 0.25) is 5.95 Å². The van der Waals surface area contributed by atoms with E-state index in [2.05, 4.69) is 35.7 Å². The molecule has 0 radical (unpaired) electrons. The molecule has 5 heterocycles. The quantitative estimate of drug-likeness (QED) is 0.437. The molecule has 0 spiro atoms. The number of carbonyl (C=O) groups excluding carboxylic acids is 1. The molecule has 12 nitrogen and oxygen atoms in total. The molecule has 1 saturated heterocycles. The molecule has 1 unspecified atom stereocenters. The lowest BCUT2D eigenvalue weighted by Crippen LogP contribution is -2.36. The molecule has 0 bridgehead atoms. The van der Waals surface area contributed by atoms with Crippen LogP contribution in [0.1, 0.15) is 24.7 Å². The number of rotatable bonds is 6. The van der Waals surface area contributed by atoms with Gasteiger partial charge in [0.1, 0.15) is 5.69 Å². The number of hydrogen-bond acceptors (Lipinski definition) is 9. The molecular weight excluding hydrogens is 436 g/mol. The molecule has 2 N–H and O–H groups in total. The summed E-state index contributed by atoms with van der Waals surface area (Å²) in [5, 5.41) is 26.6. The monoisotopic (exact) mass is 460 g/mol. The van der Waals surface area contributed by atoms with Crippen LogP contribution < -0.4 is 5.32 Å². The molecule has 0 aromatic carbocycles. The highest BCUT2D eigenvalue weighted by Crippen LogP contribution is 2.31. The van der Waals surface area contributed by atoms with Crippen LogP contribution in [0.2, 0.25) is 0 Å². The summed E-state index contributed by atoms with van der Waals surface area (Å²) in [7, 11) is 1.65. The second-order valence-corrected chi connectivity index (χ2v) is 8.14. The molecule has 1 fully saturated rings. The number of nitrogens with zero attached hydrogens (tertiary/aromatic N) is 9. The number of likely N-dealkylation sites (tertiary alicyclic amines) is 1. The van der Waals surface area contributed by atoms with E-state index >= 15 is 0 Å². The molecular formula is C22H24N10O2. The number of nitrogens with one attached hydrogen (secondary N) is 1. The van der Waals surface area contributed by atoms with E-state index in [1.807, 2.05) is 36.9 Å². The zero-order chi connectivity index (χ0) is 23.9. The predicted molar refractivity (Wildman–Crippen MR) is 122 cm³/mol. The fourth-order valence-corrected chi connectivity index (χ4v) is 3.83. The van der Waals surface area contributed by atoms with E-state index in [4.69, 9.17) is 0 Å². The van der Waals surface area contributed by atoms with Crippen molar-refractivity contribution in [2.24, 2.45) is 0 Å². The van der Waals surface area contributed by atoms with Crippen molar-refractivity contribution in [3.05, 3.63) is 54.2 Å². The summed E-state index contributed by atoms with van der Waals surface area (Å²) < 4.78 is 3.28. The van der Waals surface area contributed by atoms with Crippen LogP contribution in [0.5, 0.6) is 0 Å². The van der Waals surface area contributed by atoms with Crippen LogP contribution in [0, 0.1) is 6.92 Å². The van der Waals surface area contributed by atoms with Gasteiger partial charge in [0.05, 0.1) is 29.0 Å². The molecule has 5 rings (SSSR count). The largest absolute Gasteiger partial charge is 0.374 e. The highest BCUT2D eigenvalue weighted by atomic mass is 16.3. The molecule has 1 atom stereocenters. The first kappa shape index (κ1) is 21.6. The van der Waals surface area contributed by atoms with Gasteiger partial charge in [0.15, 0.2) is 11.4 Å². The van der Waals surface area contributed by atoms with E-state index in [1.165, 1.54) is 15.8 Å². The van der Waals surface area contributed by atoms with Gasteiger partial charge in [-0.2, -0.15) is 5.10 Å². The maximum Gasteiger partial charge on any atom is 0.260 e. The number of aromatic nitrogens is 8. The summed E-state index contributed by atoms with van der Waals surface area (Å²) in [5.41, 5.74) is 1.45. The molecule has 34 heavy (non-hydrogen) atoms. The lowest BCUT2D eigenvalue weighted by Gasteiger charge is -2.17. The number of pyridine rings is 1.